The Morgan fingerprint density at radius 3 is 2.53 bits per heavy atom. The number of rotatable bonds is 0. The fourth-order valence-corrected chi connectivity index (χ4v) is 2.69. The molecule has 3 rings (SSSR count). The highest BCUT2D eigenvalue weighted by atomic mass is 15.3. The molecule has 2 saturated heterocycles. The molecule has 0 radical (unpaired) electrons. The van der Waals surface area contributed by atoms with Crippen LogP contribution in [0.2, 0.25) is 0 Å². The van der Waals surface area contributed by atoms with Crippen LogP contribution in [0.25, 0.3) is 0 Å². The summed E-state index contributed by atoms with van der Waals surface area (Å²) in [6, 6.07) is 11.1. The van der Waals surface area contributed by atoms with Gasteiger partial charge in [-0.25, -0.2) is 0 Å². The van der Waals surface area contributed by atoms with E-state index in [1.165, 1.54) is 37.9 Å². The first-order chi connectivity index (χ1) is 8.27. The molecule has 2 aliphatic rings. The SMILES string of the molecule is CC1CCNC2CCCN12.Cc1ccccc1. The van der Waals surface area contributed by atoms with Gasteiger partial charge in [0, 0.05) is 12.6 Å². The number of fused-ring (bicyclic) bond motifs is 1. The molecular weight excluding hydrogens is 208 g/mol. The Hall–Kier alpha value is -0.860. The van der Waals surface area contributed by atoms with Crippen molar-refractivity contribution in [1.29, 1.82) is 0 Å². The highest BCUT2D eigenvalue weighted by molar-refractivity contribution is 5.11. The zero-order chi connectivity index (χ0) is 12.1. The number of benzene rings is 1. The van der Waals surface area contributed by atoms with Gasteiger partial charge in [0.05, 0.1) is 6.17 Å². The lowest BCUT2D eigenvalue weighted by Gasteiger charge is -2.36. The van der Waals surface area contributed by atoms with E-state index in [0.29, 0.717) is 0 Å². The zero-order valence-corrected chi connectivity index (χ0v) is 11.0. The predicted octanol–water partition coefficient (Wildman–Crippen LogP) is 2.79. The third-order valence-electron chi connectivity index (χ3n) is 3.74. The molecule has 0 amide bonds. The number of nitrogens with one attached hydrogen (secondary N) is 1. The lowest BCUT2D eigenvalue weighted by molar-refractivity contribution is 0.121. The third kappa shape index (κ3) is 3.55. The van der Waals surface area contributed by atoms with E-state index < -0.39 is 0 Å². The summed E-state index contributed by atoms with van der Waals surface area (Å²) in [6.45, 7) is 6.97. The van der Waals surface area contributed by atoms with Crippen LogP contribution in [0.1, 0.15) is 31.7 Å². The molecule has 1 N–H and O–H groups in total. The molecule has 2 atom stereocenters. The van der Waals surface area contributed by atoms with E-state index in [4.69, 9.17) is 0 Å². The number of hydrogen-bond donors (Lipinski definition) is 1. The Labute approximate surface area is 105 Å². The Morgan fingerprint density at radius 2 is 1.94 bits per heavy atom. The maximum Gasteiger partial charge on any atom is 0.0599 e. The van der Waals surface area contributed by atoms with Crippen LogP contribution in [0.3, 0.4) is 0 Å². The van der Waals surface area contributed by atoms with Crippen LogP contribution in [0.5, 0.6) is 0 Å². The maximum atomic E-state index is 3.54. The minimum Gasteiger partial charge on any atom is -0.302 e. The molecule has 2 heteroatoms. The van der Waals surface area contributed by atoms with Crippen molar-refractivity contribution in [2.24, 2.45) is 0 Å². The molecule has 0 aromatic heterocycles. The van der Waals surface area contributed by atoms with Gasteiger partial charge in [-0.1, -0.05) is 35.9 Å². The highest BCUT2D eigenvalue weighted by Gasteiger charge is 2.30. The monoisotopic (exact) mass is 232 g/mol. The largest absolute Gasteiger partial charge is 0.302 e. The maximum absolute atomic E-state index is 3.54. The first-order valence-electron chi connectivity index (χ1n) is 6.78. The van der Waals surface area contributed by atoms with Gasteiger partial charge in [0.25, 0.3) is 0 Å². The summed E-state index contributed by atoms with van der Waals surface area (Å²) >= 11 is 0. The van der Waals surface area contributed by atoms with Gasteiger partial charge in [0.1, 0.15) is 0 Å². The van der Waals surface area contributed by atoms with Gasteiger partial charge < -0.3 is 5.32 Å². The summed E-state index contributed by atoms with van der Waals surface area (Å²) in [5.74, 6) is 0. The molecule has 2 fully saturated rings. The standard InChI is InChI=1S/C8H16N2.C7H8/c1-7-4-5-9-8-3-2-6-10(7)8;1-7-5-3-2-4-6-7/h7-9H,2-6H2,1H3;2-6H,1H3. The molecule has 1 aromatic carbocycles. The van der Waals surface area contributed by atoms with Crippen molar-refractivity contribution in [2.75, 3.05) is 13.1 Å². The topological polar surface area (TPSA) is 15.3 Å². The average Bonchev–Trinajstić information content (AvgIpc) is 2.80. The molecule has 2 nitrogen and oxygen atoms in total. The summed E-state index contributed by atoms with van der Waals surface area (Å²) in [5.41, 5.74) is 1.32. The summed E-state index contributed by atoms with van der Waals surface area (Å²) in [4.78, 5) is 2.60. The smallest absolute Gasteiger partial charge is 0.0599 e. The van der Waals surface area contributed by atoms with Crippen molar-refractivity contribution in [3.8, 4) is 0 Å². The Morgan fingerprint density at radius 1 is 1.18 bits per heavy atom. The average molecular weight is 232 g/mol. The van der Waals surface area contributed by atoms with E-state index in [9.17, 15) is 0 Å². The second-order valence-corrected chi connectivity index (χ2v) is 5.14. The molecule has 2 aliphatic heterocycles. The van der Waals surface area contributed by atoms with Crippen LogP contribution in [0.4, 0.5) is 0 Å². The van der Waals surface area contributed by atoms with Crippen LogP contribution >= 0.6 is 0 Å². The third-order valence-corrected chi connectivity index (χ3v) is 3.74. The van der Waals surface area contributed by atoms with Gasteiger partial charge >= 0.3 is 0 Å². The molecule has 2 heterocycles. The highest BCUT2D eigenvalue weighted by Crippen LogP contribution is 2.22. The van der Waals surface area contributed by atoms with Crippen LogP contribution in [0, 0.1) is 6.92 Å². The quantitative estimate of drug-likeness (QED) is 0.740. The molecule has 0 aliphatic carbocycles. The molecule has 0 saturated carbocycles. The Bertz CT molecular complexity index is 323. The van der Waals surface area contributed by atoms with Crippen molar-refractivity contribution < 1.29 is 0 Å². The fourth-order valence-electron chi connectivity index (χ4n) is 2.69. The molecular formula is C15H24N2. The van der Waals surface area contributed by atoms with E-state index in [1.54, 1.807) is 0 Å². The van der Waals surface area contributed by atoms with Gasteiger partial charge in [0.2, 0.25) is 0 Å². The molecule has 2 unspecified atom stereocenters. The molecule has 17 heavy (non-hydrogen) atoms. The summed E-state index contributed by atoms with van der Waals surface area (Å²) in [5, 5.41) is 3.54. The van der Waals surface area contributed by atoms with E-state index in [1.807, 2.05) is 18.2 Å². The lowest BCUT2D eigenvalue weighted by Crippen LogP contribution is -2.51. The van der Waals surface area contributed by atoms with Crippen molar-refractivity contribution in [2.45, 2.75) is 45.3 Å². The molecule has 94 valence electrons. The number of aryl methyl sites for hydroxylation is 1. The molecule has 0 bridgehead atoms. The fraction of sp³-hybridized carbons (Fsp3) is 0.600. The van der Waals surface area contributed by atoms with Crippen molar-refractivity contribution in [3.05, 3.63) is 35.9 Å². The first-order valence-corrected chi connectivity index (χ1v) is 6.78. The van der Waals surface area contributed by atoms with E-state index in [-0.39, 0.29) is 0 Å². The van der Waals surface area contributed by atoms with Crippen LogP contribution in [0.15, 0.2) is 30.3 Å². The molecule has 1 aromatic rings. The summed E-state index contributed by atoms with van der Waals surface area (Å²) < 4.78 is 0. The minimum atomic E-state index is 0.726. The van der Waals surface area contributed by atoms with Crippen LogP contribution in [-0.2, 0) is 0 Å². The second kappa shape index (κ2) is 6.18. The van der Waals surface area contributed by atoms with Gasteiger partial charge in [-0.3, -0.25) is 4.90 Å². The van der Waals surface area contributed by atoms with Crippen molar-refractivity contribution in [3.63, 3.8) is 0 Å². The van der Waals surface area contributed by atoms with Crippen molar-refractivity contribution >= 4 is 0 Å². The number of nitrogens with zero attached hydrogens (tertiary/aromatic N) is 1. The lowest BCUT2D eigenvalue weighted by atomic mass is 10.1. The zero-order valence-electron chi connectivity index (χ0n) is 11.0. The van der Waals surface area contributed by atoms with E-state index in [2.05, 4.69) is 36.2 Å². The van der Waals surface area contributed by atoms with Gasteiger partial charge in [-0.05, 0) is 39.7 Å². The predicted molar refractivity (Wildman–Crippen MR) is 73.0 cm³/mol. The summed E-state index contributed by atoms with van der Waals surface area (Å²) in [7, 11) is 0. The van der Waals surface area contributed by atoms with Gasteiger partial charge in [-0.15, -0.1) is 0 Å². The van der Waals surface area contributed by atoms with Crippen molar-refractivity contribution in [1.82, 2.24) is 10.2 Å². The van der Waals surface area contributed by atoms with E-state index >= 15 is 0 Å². The summed E-state index contributed by atoms with van der Waals surface area (Å²) in [6.07, 6.45) is 4.81. The number of hydrogen-bond acceptors (Lipinski definition) is 2. The Balaban J connectivity index is 0.000000136. The molecule has 0 spiro atoms. The second-order valence-electron chi connectivity index (χ2n) is 5.14. The minimum absolute atomic E-state index is 0.726. The van der Waals surface area contributed by atoms with E-state index in [0.717, 1.165) is 12.2 Å². The normalized spacial score (nSPS) is 28.1. The van der Waals surface area contributed by atoms with Crippen LogP contribution in [-0.4, -0.2) is 30.2 Å². The van der Waals surface area contributed by atoms with Crippen LogP contribution < -0.4 is 5.32 Å². The first kappa shape index (κ1) is 12.6. The van der Waals surface area contributed by atoms with Gasteiger partial charge in [-0.2, -0.15) is 0 Å². The Kier molecular flexibility index (Phi) is 4.57. The van der Waals surface area contributed by atoms with Gasteiger partial charge in [0.15, 0.2) is 0 Å².